The Bertz CT molecular complexity index is 1130. The Morgan fingerprint density at radius 1 is 1.00 bits per heavy atom. The fourth-order valence-corrected chi connectivity index (χ4v) is 4.10. The third kappa shape index (κ3) is 3.00. The second-order valence-corrected chi connectivity index (χ2v) is 8.23. The lowest BCUT2D eigenvalue weighted by Crippen LogP contribution is -2.43. The van der Waals surface area contributed by atoms with Crippen molar-refractivity contribution in [2.45, 2.75) is 26.3 Å². The van der Waals surface area contributed by atoms with E-state index < -0.39 is 5.54 Å². The molecule has 4 rings (SSSR count). The molecular formula is C24H21ClFNO. The Morgan fingerprint density at radius 3 is 2.46 bits per heavy atom. The quantitative estimate of drug-likeness (QED) is 0.520. The van der Waals surface area contributed by atoms with Crippen LogP contribution < -0.4 is 0 Å². The average molecular weight is 394 g/mol. The topological polar surface area (TPSA) is 20.3 Å². The number of benzene rings is 3. The van der Waals surface area contributed by atoms with E-state index in [9.17, 15) is 9.18 Å². The van der Waals surface area contributed by atoms with Crippen molar-refractivity contribution < 1.29 is 9.18 Å². The van der Waals surface area contributed by atoms with Crippen molar-refractivity contribution >= 4 is 33.9 Å². The molecule has 142 valence electrons. The minimum absolute atomic E-state index is 0.140. The van der Waals surface area contributed by atoms with Gasteiger partial charge in [-0.2, -0.15) is 0 Å². The van der Waals surface area contributed by atoms with Crippen molar-refractivity contribution in [3.8, 4) is 0 Å². The van der Waals surface area contributed by atoms with Gasteiger partial charge < -0.3 is 4.90 Å². The highest BCUT2D eigenvalue weighted by molar-refractivity contribution is 6.31. The molecule has 3 aromatic rings. The van der Waals surface area contributed by atoms with Crippen molar-refractivity contribution in [3.63, 3.8) is 0 Å². The van der Waals surface area contributed by atoms with Crippen LogP contribution in [0.25, 0.3) is 16.3 Å². The van der Waals surface area contributed by atoms with Gasteiger partial charge >= 0.3 is 0 Å². The molecule has 0 aromatic heterocycles. The van der Waals surface area contributed by atoms with Gasteiger partial charge in [-0.05, 0) is 66.9 Å². The highest BCUT2D eigenvalue weighted by atomic mass is 35.5. The summed E-state index contributed by atoms with van der Waals surface area (Å²) >= 11 is 6.15. The van der Waals surface area contributed by atoms with Crippen LogP contribution in [-0.4, -0.2) is 17.4 Å². The standard InChI is InChI=1S/C24H21ClFNO/c1-15-14-27(23(28)22(15)20-6-4-5-7-21(20)26)24(2,3)18-10-8-16-9-11-19(25)13-17(16)12-18/h4-13H,14H2,1-3H3. The van der Waals surface area contributed by atoms with Crippen molar-refractivity contribution in [2.24, 2.45) is 0 Å². The number of rotatable bonds is 3. The normalized spacial score (nSPS) is 15.0. The summed E-state index contributed by atoms with van der Waals surface area (Å²) in [5, 5.41) is 2.81. The molecule has 0 saturated carbocycles. The number of amides is 1. The van der Waals surface area contributed by atoms with Crippen LogP contribution in [-0.2, 0) is 10.3 Å². The van der Waals surface area contributed by atoms with Gasteiger partial charge in [-0.25, -0.2) is 4.39 Å². The minimum Gasteiger partial charge on any atom is -0.325 e. The van der Waals surface area contributed by atoms with Gasteiger partial charge in [0.2, 0.25) is 0 Å². The number of fused-ring (bicyclic) bond motifs is 1. The summed E-state index contributed by atoms with van der Waals surface area (Å²) in [6, 6.07) is 18.4. The largest absolute Gasteiger partial charge is 0.325 e. The predicted molar refractivity (Wildman–Crippen MR) is 113 cm³/mol. The van der Waals surface area contributed by atoms with Crippen LogP contribution in [0, 0.1) is 5.82 Å². The molecule has 3 aromatic carbocycles. The lowest BCUT2D eigenvalue weighted by atomic mass is 9.90. The fourth-order valence-electron chi connectivity index (χ4n) is 3.92. The minimum atomic E-state index is -0.554. The molecule has 1 heterocycles. The molecule has 0 spiro atoms. The Kier molecular flexibility index (Phi) is 4.51. The number of carbonyl (C=O) groups excluding carboxylic acids is 1. The summed E-state index contributed by atoms with van der Waals surface area (Å²) < 4.78 is 14.3. The summed E-state index contributed by atoms with van der Waals surface area (Å²) in [6.07, 6.45) is 0. The van der Waals surface area contributed by atoms with E-state index in [2.05, 4.69) is 6.07 Å². The zero-order valence-electron chi connectivity index (χ0n) is 16.1. The number of halogens is 2. The molecule has 4 heteroatoms. The van der Waals surface area contributed by atoms with E-state index in [0.29, 0.717) is 22.7 Å². The first-order valence-electron chi connectivity index (χ1n) is 9.25. The maximum Gasteiger partial charge on any atom is 0.255 e. The smallest absolute Gasteiger partial charge is 0.255 e. The first-order chi connectivity index (χ1) is 13.3. The van der Waals surface area contributed by atoms with E-state index in [-0.39, 0.29) is 11.7 Å². The summed E-state index contributed by atoms with van der Waals surface area (Å²) in [5.41, 5.74) is 2.18. The average Bonchev–Trinajstić information content (AvgIpc) is 2.96. The first kappa shape index (κ1) is 18.7. The maximum absolute atomic E-state index is 14.3. The lowest BCUT2D eigenvalue weighted by Gasteiger charge is -2.37. The lowest BCUT2D eigenvalue weighted by molar-refractivity contribution is -0.128. The van der Waals surface area contributed by atoms with E-state index in [1.807, 2.05) is 56.0 Å². The van der Waals surface area contributed by atoms with Crippen molar-refractivity contribution in [3.05, 3.63) is 88.2 Å². The van der Waals surface area contributed by atoms with Gasteiger partial charge in [0.1, 0.15) is 5.82 Å². The Balaban J connectivity index is 1.73. The molecule has 1 aliphatic heterocycles. The van der Waals surface area contributed by atoms with Gasteiger partial charge in [0.15, 0.2) is 0 Å². The number of hydrogen-bond acceptors (Lipinski definition) is 1. The molecule has 0 saturated heterocycles. The van der Waals surface area contributed by atoms with E-state index in [1.54, 1.807) is 18.2 Å². The van der Waals surface area contributed by atoms with Crippen LogP contribution in [0.5, 0.6) is 0 Å². The third-order valence-corrected chi connectivity index (χ3v) is 5.84. The van der Waals surface area contributed by atoms with Crippen LogP contribution in [0.3, 0.4) is 0 Å². The van der Waals surface area contributed by atoms with Crippen LogP contribution in [0.15, 0.2) is 66.2 Å². The van der Waals surface area contributed by atoms with E-state index >= 15 is 0 Å². The van der Waals surface area contributed by atoms with E-state index in [1.165, 1.54) is 6.07 Å². The molecule has 1 amide bonds. The molecule has 1 aliphatic rings. The van der Waals surface area contributed by atoms with Crippen molar-refractivity contribution in [1.82, 2.24) is 4.90 Å². The Hall–Kier alpha value is -2.65. The molecule has 0 fully saturated rings. The summed E-state index contributed by atoms with van der Waals surface area (Å²) in [7, 11) is 0. The molecule has 2 nitrogen and oxygen atoms in total. The van der Waals surface area contributed by atoms with Gasteiger partial charge in [-0.15, -0.1) is 0 Å². The van der Waals surface area contributed by atoms with Crippen LogP contribution in [0.2, 0.25) is 5.02 Å². The second kappa shape index (κ2) is 6.75. The molecule has 0 bridgehead atoms. The first-order valence-corrected chi connectivity index (χ1v) is 9.63. The highest BCUT2D eigenvalue weighted by Gasteiger charge is 2.40. The van der Waals surface area contributed by atoms with Gasteiger partial charge in [-0.3, -0.25) is 4.79 Å². The zero-order chi connectivity index (χ0) is 20.1. The van der Waals surface area contributed by atoms with Crippen molar-refractivity contribution in [1.29, 1.82) is 0 Å². The molecular weight excluding hydrogens is 373 g/mol. The molecule has 0 radical (unpaired) electrons. The second-order valence-electron chi connectivity index (χ2n) is 7.79. The Morgan fingerprint density at radius 2 is 1.71 bits per heavy atom. The molecule has 0 aliphatic carbocycles. The number of nitrogens with zero attached hydrogens (tertiary/aromatic N) is 1. The molecule has 0 N–H and O–H groups in total. The molecule has 0 unspecified atom stereocenters. The fraction of sp³-hybridized carbons (Fsp3) is 0.208. The van der Waals surface area contributed by atoms with E-state index in [4.69, 9.17) is 11.6 Å². The van der Waals surface area contributed by atoms with Crippen LogP contribution in [0.4, 0.5) is 4.39 Å². The zero-order valence-corrected chi connectivity index (χ0v) is 16.8. The van der Waals surface area contributed by atoms with Gasteiger partial charge in [0.05, 0.1) is 11.1 Å². The van der Waals surface area contributed by atoms with Crippen molar-refractivity contribution in [2.75, 3.05) is 6.54 Å². The summed E-state index contributed by atoms with van der Waals surface area (Å²) in [4.78, 5) is 15.1. The van der Waals surface area contributed by atoms with Crippen LogP contribution >= 0.6 is 11.6 Å². The molecule has 28 heavy (non-hydrogen) atoms. The molecule has 0 atom stereocenters. The third-order valence-electron chi connectivity index (χ3n) is 5.61. The summed E-state index contributed by atoms with van der Waals surface area (Å²) in [5.74, 6) is -0.510. The van der Waals surface area contributed by atoms with Crippen LogP contribution in [0.1, 0.15) is 31.9 Å². The van der Waals surface area contributed by atoms with E-state index in [0.717, 1.165) is 21.9 Å². The van der Waals surface area contributed by atoms with Gasteiger partial charge in [0.25, 0.3) is 5.91 Å². The maximum atomic E-state index is 14.3. The summed E-state index contributed by atoms with van der Waals surface area (Å²) in [6.45, 7) is 6.42. The Labute approximate surface area is 169 Å². The SMILES string of the molecule is CC1=C(c2ccccc2F)C(=O)N(C(C)(C)c2ccc3ccc(Cl)cc3c2)C1. The number of carbonyl (C=O) groups is 1. The number of hydrogen-bond donors (Lipinski definition) is 0. The van der Waals surface area contributed by atoms with Gasteiger partial charge in [0, 0.05) is 17.1 Å². The predicted octanol–water partition coefficient (Wildman–Crippen LogP) is 6.18. The highest BCUT2D eigenvalue weighted by Crippen LogP contribution is 2.38. The van der Waals surface area contributed by atoms with Gasteiger partial charge in [-0.1, -0.05) is 48.0 Å². The monoisotopic (exact) mass is 393 g/mol.